The number of aliphatic hydroxyl groups is 1. The Hall–Kier alpha value is -1.88. The standard InChI is InChI=1S/C33H50O5/c1-19(2)20(3)10-11-22(29(36)37)25-18-28(38-21(4)34)33(9)24-12-13-26-30(5,6)27(35)15-16-31(26,7)23(24)14-17-32(25,33)8/h12,14,19,22,25-28,35H,3,10-11,13,15-18H2,1-2,4-9H3,(H,36,37)/t22-,25+,26-,27-,28-,31+,32+,33+/m0/s1. The lowest BCUT2D eigenvalue weighted by atomic mass is 9.44. The predicted octanol–water partition coefficient (Wildman–Crippen LogP) is 7.11. The van der Waals surface area contributed by atoms with Crippen molar-refractivity contribution in [2.45, 2.75) is 113 Å². The highest BCUT2D eigenvalue weighted by Crippen LogP contribution is 2.72. The van der Waals surface area contributed by atoms with Crippen LogP contribution >= 0.6 is 0 Å². The molecule has 8 atom stereocenters. The van der Waals surface area contributed by atoms with Crippen molar-refractivity contribution in [2.75, 3.05) is 0 Å². The molecule has 38 heavy (non-hydrogen) atoms. The van der Waals surface area contributed by atoms with Crippen LogP contribution in [0.5, 0.6) is 0 Å². The molecule has 0 aliphatic heterocycles. The van der Waals surface area contributed by atoms with Crippen LogP contribution in [-0.2, 0) is 14.3 Å². The third-order valence-corrected chi connectivity index (χ3v) is 12.0. The first-order chi connectivity index (χ1) is 17.5. The summed E-state index contributed by atoms with van der Waals surface area (Å²) in [6.45, 7) is 21.1. The van der Waals surface area contributed by atoms with Gasteiger partial charge in [0.05, 0.1) is 12.0 Å². The highest BCUT2D eigenvalue weighted by molar-refractivity contribution is 5.71. The van der Waals surface area contributed by atoms with E-state index in [-0.39, 0.29) is 40.3 Å². The normalized spacial score (nSPS) is 40.3. The van der Waals surface area contributed by atoms with Crippen molar-refractivity contribution >= 4 is 11.9 Å². The summed E-state index contributed by atoms with van der Waals surface area (Å²) in [5, 5.41) is 21.3. The molecule has 0 amide bonds. The summed E-state index contributed by atoms with van der Waals surface area (Å²) in [7, 11) is 0. The summed E-state index contributed by atoms with van der Waals surface area (Å²) < 4.78 is 6.09. The molecule has 0 aromatic carbocycles. The fourth-order valence-electron chi connectivity index (χ4n) is 9.15. The molecule has 0 radical (unpaired) electrons. The summed E-state index contributed by atoms with van der Waals surface area (Å²) in [5.74, 6) is -1.08. The molecule has 0 saturated heterocycles. The zero-order valence-corrected chi connectivity index (χ0v) is 24.9. The van der Waals surface area contributed by atoms with E-state index < -0.39 is 17.3 Å². The first kappa shape index (κ1) is 29.1. The van der Waals surface area contributed by atoms with Gasteiger partial charge in [-0.3, -0.25) is 9.59 Å². The second-order valence-corrected chi connectivity index (χ2v) is 14.4. The van der Waals surface area contributed by atoms with Crippen molar-refractivity contribution in [3.8, 4) is 0 Å². The van der Waals surface area contributed by atoms with Crippen LogP contribution in [0.1, 0.15) is 100 Å². The minimum absolute atomic E-state index is 0.0722. The van der Waals surface area contributed by atoms with Crippen LogP contribution in [0.2, 0.25) is 0 Å². The van der Waals surface area contributed by atoms with E-state index in [0.29, 0.717) is 31.1 Å². The lowest BCUT2D eigenvalue weighted by Crippen LogP contribution is -2.56. The molecule has 0 aromatic heterocycles. The number of carbonyl (C=O) groups is 2. The number of rotatable bonds is 7. The number of hydrogen-bond acceptors (Lipinski definition) is 4. The van der Waals surface area contributed by atoms with E-state index in [1.54, 1.807) is 0 Å². The predicted molar refractivity (Wildman–Crippen MR) is 150 cm³/mol. The van der Waals surface area contributed by atoms with Gasteiger partial charge in [-0.2, -0.15) is 0 Å². The van der Waals surface area contributed by atoms with E-state index in [1.165, 1.54) is 18.1 Å². The highest BCUT2D eigenvalue weighted by Gasteiger charge is 2.68. The molecule has 2 N–H and O–H groups in total. The van der Waals surface area contributed by atoms with Crippen molar-refractivity contribution in [2.24, 2.45) is 45.3 Å². The van der Waals surface area contributed by atoms with Crippen molar-refractivity contribution in [1.82, 2.24) is 0 Å². The van der Waals surface area contributed by atoms with Gasteiger partial charge in [0.15, 0.2) is 0 Å². The van der Waals surface area contributed by atoms with Crippen LogP contribution in [0.25, 0.3) is 0 Å². The van der Waals surface area contributed by atoms with E-state index in [0.717, 1.165) is 31.3 Å². The summed E-state index contributed by atoms with van der Waals surface area (Å²) in [6.07, 6.45) is 9.18. The van der Waals surface area contributed by atoms with Gasteiger partial charge in [-0.25, -0.2) is 0 Å². The van der Waals surface area contributed by atoms with E-state index in [9.17, 15) is 19.8 Å². The van der Waals surface area contributed by atoms with Gasteiger partial charge in [0.1, 0.15) is 6.10 Å². The Morgan fingerprint density at radius 2 is 1.79 bits per heavy atom. The zero-order chi connectivity index (χ0) is 28.4. The average Bonchev–Trinajstić information content (AvgIpc) is 3.03. The summed E-state index contributed by atoms with van der Waals surface area (Å²) >= 11 is 0. The van der Waals surface area contributed by atoms with Crippen molar-refractivity contribution in [3.05, 3.63) is 35.5 Å². The van der Waals surface area contributed by atoms with Gasteiger partial charge >= 0.3 is 11.9 Å². The van der Waals surface area contributed by atoms with Gasteiger partial charge in [0.2, 0.25) is 0 Å². The second kappa shape index (κ2) is 9.64. The smallest absolute Gasteiger partial charge is 0.306 e. The fourth-order valence-corrected chi connectivity index (χ4v) is 9.15. The van der Waals surface area contributed by atoms with E-state index in [4.69, 9.17) is 4.74 Å². The first-order valence-corrected chi connectivity index (χ1v) is 14.7. The van der Waals surface area contributed by atoms with Crippen LogP contribution in [-0.4, -0.2) is 34.4 Å². The van der Waals surface area contributed by atoms with Crippen molar-refractivity contribution in [3.63, 3.8) is 0 Å². The highest BCUT2D eigenvalue weighted by atomic mass is 16.5. The molecule has 5 nitrogen and oxygen atoms in total. The Morgan fingerprint density at radius 1 is 1.13 bits per heavy atom. The third kappa shape index (κ3) is 4.14. The number of fused-ring (bicyclic) bond motifs is 5. The molecule has 0 heterocycles. The minimum Gasteiger partial charge on any atom is -0.481 e. The fraction of sp³-hybridized carbons (Fsp3) is 0.758. The summed E-state index contributed by atoms with van der Waals surface area (Å²) in [5.41, 5.74) is 2.56. The molecule has 2 fully saturated rings. The van der Waals surface area contributed by atoms with Gasteiger partial charge in [-0.05, 0) is 90.1 Å². The number of aliphatic carboxylic acids is 1. The number of carbonyl (C=O) groups excluding carboxylic acids is 1. The Kier molecular flexibility index (Phi) is 7.39. The van der Waals surface area contributed by atoms with E-state index >= 15 is 0 Å². The lowest BCUT2D eigenvalue weighted by Gasteiger charge is -2.61. The monoisotopic (exact) mass is 526 g/mol. The Bertz CT molecular complexity index is 1070. The SMILES string of the molecule is C=C(CC[C@H](C(=O)O)[C@H]1C[C@H](OC(C)=O)[C@@]2(C)C3=CC[C@H]4C(C)(C)[C@@H](O)CC[C@]4(C)C3=CC[C@]12C)C(C)C. The molecule has 0 spiro atoms. The number of esters is 1. The maximum atomic E-state index is 12.8. The van der Waals surface area contributed by atoms with E-state index in [1.807, 2.05) is 0 Å². The van der Waals surface area contributed by atoms with Crippen LogP contribution in [0.4, 0.5) is 0 Å². The Labute approximate surface area is 229 Å². The van der Waals surface area contributed by atoms with Crippen LogP contribution in [0.3, 0.4) is 0 Å². The van der Waals surface area contributed by atoms with Gasteiger partial charge in [-0.15, -0.1) is 0 Å². The minimum atomic E-state index is -0.763. The zero-order valence-electron chi connectivity index (χ0n) is 24.9. The Morgan fingerprint density at radius 3 is 2.37 bits per heavy atom. The van der Waals surface area contributed by atoms with Gasteiger partial charge in [0, 0.05) is 12.3 Å². The molecule has 0 unspecified atom stereocenters. The molecular formula is C33H50O5. The Balaban J connectivity index is 1.80. The topological polar surface area (TPSA) is 83.8 Å². The third-order valence-electron chi connectivity index (χ3n) is 12.0. The van der Waals surface area contributed by atoms with Gasteiger partial charge in [-0.1, -0.05) is 72.8 Å². The van der Waals surface area contributed by atoms with Gasteiger partial charge < -0.3 is 14.9 Å². The molecule has 5 heteroatoms. The number of carboxylic acids is 1. The maximum absolute atomic E-state index is 12.8. The molecule has 4 rings (SSSR count). The molecule has 4 aliphatic rings. The lowest BCUT2D eigenvalue weighted by molar-refractivity contribution is -0.153. The number of ether oxygens (including phenoxy) is 1. The van der Waals surface area contributed by atoms with Crippen LogP contribution < -0.4 is 0 Å². The molecule has 0 aromatic rings. The quantitative estimate of drug-likeness (QED) is 0.273. The molecular weight excluding hydrogens is 476 g/mol. The molecule has 2 saturated carbocycles. The molecule has 0 bridgehead atoms. The van der Waals surface area contributed by atoms with Crippen LogP contribution in [0.15, 0.2) is 35.5 Å². The van der Waals surface area contributed by atoms with Crippen molar-refractivity contribution in [1.29, 1.82) is 0 Å². The van der Waals surface area contributed by atoms with Crippen LogP contribution in [0, 0.1) is 45.3 Å². The average molecular weight is 527 g/mol. The summed E-state index contributed by atoms with van der Waals surface area (Å²) in [4.78, 5) is 25.1. The number of aliphatic hydroxyl groups excluding tert-OH is 1. The molecule has 212 valence electrons. The molecule has 4 aliphatic carbocycles. The first-order valence-electron chi connectivity index (χ1n) is 14.7. The number of allylic oxidation sites excluding steroid dienone is 4. The maximum Gasteiger partial charge on any atom is 0.306 e. The van der Waals surface area contributed by atoms with Gasteiger partial charge in [0.25, 0.3) is 0 Å². The number of hydrogen-bond donors (Lipinski definition) is 2. The van der Waals surface area contributed by atoms with E-state index in [2.05, 4.69) is 67.2 Å². The largest absolute Gasteiger partial charge is 0.481 e. The van der Waals surface area contributed by atoms with Crippen molar-refractivity contribution < 1.29 is 24.5 Å². The second-order valence-electron chi connectivity index (χ2n) is 14.4. The summed E-state index contributed by atoms with van der Waals surface area (Å²) in [6, 6.07) is 0. The number of carboxylic acid groups (broad SMARTS) is 1.